The molecule has 0 aromatic rings. The van der Waals surface area contributed by atoms with Gasteiger partial charge in [-0.3, -0.25) is 9.69 Å². The third-order valence-corrected chi connectivity index (χ3v) is 3.55. The first-order valence-corrected chi connectivity index (χ1v) is 6.21. The number of hydrogen-bond donors (Lipinski definition) is 0. The van der Waals surface area contributed by atoms with Gasteiger partial charge in [-0.2, -0.15) is 13.2 Å². The van der Waals surface area contributed by atoms with Gasteiger partial charge in [0.2, 0.25) is 0 Å². The van der Waals surface area contributed by atoms with E-state index in [9.17, 15) is 22.8 Å². The molecule has 1 aliphatic heterocycles. The van der Waals surface area contributed by atoms with Gasteiger partial charge in [0.15, 0.2) is 0 Å². The molecule has 110 valence electrons. The van der Waals surface area contributed by atoms with E-state index >= 15 is 0 Å². The minimum Gasteiger partial charge on any atom is -0.467 e. The quantitative estimate of drug-likeness (QED) is 0.695. The SMILES string of the molecule is COC(=O)C1CCC2CC=CC=C2N1C(=O)C(F)(F)F. The van der Waals surface area contributed by atoms with E-state index in [4.69, 9.17) is 0 Å². The molecule has 0 saturated carbocycles. The molecule has 20 heavy (non-hydrogen) atoms. The normalized spacial score (nSPS) is 25.8. The first-order valence-electron chi connectivity index (χ1n) is 6.21. The fraction of sp³-hybridized carbons (Fsp3) is 0.538. The summed E-state index contributed by atoms with van der Waals surface area (Å²) in [6.45, 7) is 0. The Morgan fingerprint density at radius 3 is 2.65 bits per heavy atom. The molecule has 0 bridgehead atoms. The molecule has 1 saturated heterocycles. The van der Waals surface area contributed by atoms with Crippen molar-refractivity contribution in [2.45, 2.75) is 31.5 Å². The van der Waals surface area contributed by atoms with E-state index in [2.05, 4.69) is 4.74 Å². The minimum atomic E-state index is -5.02. The number of likely N-dealkylation sites (tertiary alicyclic amines) is 1. The van der Waals surface area contributed by atoms with Gasteiger partial charge < -0.3 is 4.74 Å². The second-order valence-electron chi connectivity index (χ2n) is 4.74. The largest absolute Gasteiger partial charge is 0.471 e. The number of nitrogens with zero attached hydrogens (tertiary/aromatic N) is 1. The maximum Gasteiger partial charge on any atom is 0.471 e. The van der Waals surface area contributed by atoms with Crippen molar-refractivity contribution in [1.82, 2.24) is 4.90 Å². The van der Waals surface area contributed by atoms with Crippen LogP contribution in [0.25, 0.3) is 0 Å². The number of ether oxygens (including phenoxy) is 1. The van der Waals surface area contributed by atoms with Gasteiger partial charge in [-0.1, -0.05) is 12.2 Å². The maximum atomic E-state index is 12.7. The van der Waals surface area contributed by atoms with E-state index < -0.39 is 24.1 Å². The Bertz CT molecular complexity index is 482. The number of carbonyl (C=O) groups is 2. The molecule has 0 spiro atoms. The Morgan fingerprint density at radius 2 is 2.05 bits per heavy atom. The Hall–Kier alpha value is -1.79. The molecule has 2 atom stereocenters. The van der Waals surface area contributed by atoms with E-state index in [1.54, 1.807) is 6.08 Å². The Labute approximate surface area is 113 Å². The number of halogens is 3. The minimum absolute atomic E-state index is 0.160. The summed E-state index contributed by atoms with van der Waals surface area (Å²) in [4.78, 5) is 23.8. The highest BCUT2D eigenvalue weighted by Crippen LogP contribution is 2.38. The van der Waals surface area contributed by atoms with Crippen LogP contribution in [0, 0.1) is 5.92 Å². The summed E-state index contributed by atoms with van der Waals surface area (Å²) in [7, 11) is 1.10. The predicted octanol–water partition coefficient (Wildman–Crippen LogP) is 2.17. The van der Waals surface area contributed by atoms with Crippen molar-refractivity contribution >= 4 is 11.9 Å². The van der Waals surface area contributed by atoms with Gasteiger partial charge in [0, 0.05) is 11.6 Å². The first-order chi connectivity index (χ1) is 9.36. The molecule has 0 radical (unpaired) electrons. The molecule has 1 amide bonds. The lowest BCUT2D eigenvalue weighted by atomic mass is 9.84. The lowest BCUT2D eigenvalue weighted by molar-refractivity contribution is -0.189. The lowest BCUT2D eigenvalue weighted by Gasteiger charge is -2.41. The average Bonchev–Trinajstić information content (AvgIpc) is 2.43. The van der Waals surface area contributed by atoms with Crippen LogP contribution in [-0.2, 0) is 14.3 Å². The summed E-state index contributed by atoms with van der Waals surface area (Å²) in [5.74, 6) is -3.00. The first kappa shape index (κ1) is 14.6. The molecule has 0 N–H and O–H groups in total. The molecule has 1 heterocycles. The van der Waals surface area contributed by atoms with Gasteiger partial charge >= 0.3 is 18.1 Å². The summed E-state index contributed by atoms with van der Waals surface area (Å²) >= 11 is 0. The van der Waals surface area contributed by atoms with Crippen LogP contribution < -0.4 is 0 Å². The monoisotopic (exact) mass is 289 g/mol. The van der Waals surface area contributed by atoms with Gasteiger partial charge in [-0.05, 0) is 25.3 Å². The zero-order valence-electron chi connectivity index (χ0n) is 10.8. The topological polar surface area (TPSA) is 46.6 Å². The van der Waals surface area contributed by atoms with Crippen LogP contribution >= 0.6 is 0 Å². The average molecular weight is 289 g/mol. The molecular weight excluding hydrogens is 275 g/mol. The molecule has 2 unspecified atom stereocenters. The van der Waals surface area contributed by atoms with Crippen LogP contribution in [0.1, 0.15) is 19.3 Å². The van der Waals surface area contributed by atoms with Gasteiger partial charge in [0.25, 0.3) is 0 Å². The highest BCUT2D eigenvalue weighted by atomic mass is 19.4. The second kappa shape index (κ2) is 5.30. The number of allylic oxidation sites excluding steroid dienone is 4. The highest BCUT2D eigenvalue weighted by molar-refractivity contribution is 5.89. The third-order valence-electron chi connectivity index (χ3n) is 3.55. The molecule has 7 heteroatoms. The van der Waals surface area contributed by atoms with Crippen LogP contribution in [0.4, 0.5) is 13.2 Å². The van der Waals surface area contributed by atoms with E-state index in [1.807, 2.05) is 6.08 Å². The maximum absolute atomic E-state index is 12.7. The zero-order chi connectivity index (χ0) is 14.9. The van der Waals surface area contributed by atoms with E-state index in [0.717, 1.165) is 7.11 Å². The number of carbonyl (C=O) groups excluding carboxylic acids is 2. The second-order valence-corrected chi connectivity index (χ2v) is 4.74. The molecule has 2 aliphatic rings. The summed E-state index contributed by atoms with van der Waals surface area (Å²) in [5.41, 5.74) is 0.247. The van der Waals surface area contributed by atoms with Crippen LogP contribution in [0.15, 0.2) is 23.9 Å². The van der Waals surface area contributed by atoms with Crippen LogP contribution in [0.3, 0.4) is 0 Å². The highest BCUT2D eigenvalue weighted by Gasteiger charge is 2.50. The van der Waals surface area contributed by atoms with Crippen LogP contribution in [0.5, 0.6) is 0 Å². The van der Waals surface area contributed by atoms with Crippen LogP contribution in [0.2, 0.25) is 0 Å². The Kier molecular flexibility index (Phi) is 3.87. The summed E-state index contributed by atoms with van der Waals surface area (Å²) in [6, 6.07) is -1.21. The number of rotatable bonds is 1. The van der Waals surface area contributed by atoms with E-state index in [0.29, 0.717) is 17.7 Å². The van der Waals surface area contributed by atoms with Gasteiger partial charge in [0.05, 0.1) is 7.11 Å². The number of amides is 1. The molecular formula is C13H14F3NO3. The number of esters is 1. The van der Waals surface area contributed by atoms with Crippen molar-refractivity contribution in [3.05, 3.63) is 23.9 Å². The van der Waals surface area contributed by atoms with E-state index in [1.165, 1.54) is 6.08 Å². The summed E-state index contributed by atoms with van der Waals surface area (Å²) in [6.07, 6.45) is 1.18. The fourth-order valence-electron chi connectivity index (χ4n) is 2.63. The third kappa shape index (κ3) is 2.57. The van der Waals surface area contributed by atoms with Gasteiger partial charge in [-0.15, -0.1) is 0 Å². The zero-order valence-corrected chi connectivity index (χ0v) is 10.8. The van der Waals surface area contributed by atoms with Crippen molar-refractivity contribution in [2.75, 3.05) is 7.11 Å². The van der Waals surface area contributed by atoms with Gasteiger partial charge in [-0.25, -0.2) is 4.79 Å². The van der Waals surface area contributed by atoms with Crippen molar-refractivity contribution in [1.29, 1.82) is 0 Å². The number of alkyl halides is 3. The molecule has 4 nitrogen and oxygen atoms in total. The van der Waals surface area contributed by atoms with Crippen molar-refractivity contribution < 1.29 is 27.5 Å². The van der Waals surface area contributed by atoms with Crippen molar-refractivity contribution in [2.24, 2.45) is 5.92 Å². The van der Waals surface area contributed by atoms with Crippen LogP contribution in [-0.4, -0.2) is 36.1 Å². The lowest BCUT2D eigenvalue weighted by Crippen LogP contribution is -2.53. The van der Waals surface area contributed by atoms with Crippen molar-refractivity contribution in [3.8, 4) is 0 Å². The Morgan fingerprint density at radius 1 is 1.35 bits per heavy atom. The number of fused-ring (bicyclic) bond motifs is 1. The molecule has 2 rings (SSSR count). The Balaban J connectivity index is 2.40. The molecule has 0 aromatic heterocycles. The number of piperidine rings is 1. The van der Waals surface area contributed by atoms with Crippen molar-refractivity contribution in [3.63, 3.8) is 0 Å². The molecule has 0 aromatic carbocycles. The predicted molar refractivity (Wildman–Crippen MR) is 63.3 cm³/mol. The molecule has 1 fully saturated rings. The smallest absolute Gasteiger partial charge is 0.467 e. The number of methoxy groups -OCH3 is 1. The fourth-order valence-corrected chi connectivity index (χ4v) is 2.63. The molecule has 1 aliphatic carbocycles. The van der Waals surface area contributed by atoms with Gasteiger partial charge in [0.1, 0.15) is 6.04 Å². The summed E-state index contributed by atoms with van der Waals surface area (Å²) < 4.78 is 42.8. The van der Waals surface area contributed by atoms with E-state index in [-0.39, 0.29) is 18.0 Å². The standard InChI is InChI=1S/C13H14F3NO3/c1-20-11(18)10-7-6-8-4-2-3-5-9(8)17(10)12(19)13(14,15)16/h2-3,5,8,10H,4,6-7H2,1H3. The summed E-state index contributed by atoms with van der Waals surface area (Å²) in [5, 5.41) is 0. The number of hydrogen-bond acceptors (Lipinski definition) is 3.